The molecule has 0 unspecified atom stereocenters. The first-order valence-corrected chi connectivity index (χ1v) is 8.61. The molecule has 22 heavy (non-hydrogen) atoms. The van der Waals surface area contributed by atoms with Crippen molar-refractivity contribution in [1.82, 2.24) is 4.90 Å². The average Bonchev–Trinajstić information content (AvgIpc) is 3.10. The van der Waals surface area contributed by atoms with Gasteiger partial charge in [0.2, 0.25) is 0 Å². The van der Waals surface area contributed by atoms with Gasteiger partial charge in [-0.2, -0.15) is 0 Å². The number of nitrogens with two attached hydrogens (primary N) is 1. The lowest BCUT2D eigenvalue weighted by Crippen LogP contribution is -2.31. The molecule has 2 N–H and O–H groups in total. The zero-order chi connectivity index (χ0) is 15.7. The third-order valence-electron chi connectivity index (χ3n) is 4.49. The Morgan fingerprint density at radius 2 is 2.05 bits per heavy atom. The van der Waals surface area contributed by atoms with Gasteiger partial charge in [-0.05, 0) is 30.5 Å². The first-order chi connectivity index (χ1) is 10.6. The van der Waals surface area contributed by atoms with E-state index in [9.17, 15) is 4.79 Å². The molecule has 0 saturated carbocycles. The number of amides is 1. The quantitative estimate of drug-likeness (QED) is 0.946. The zero-order valence-electron chi connectivity index (χ0n) is 13.1. The van der Waals surface area contributed by atoms with Gasteiger partial charge in [0.05, 0.1) is 4.88 Å². The molecule has 2 heterocycles. The van der Waals surface area contributed by atoms with Gasteiger partial charge in [-0.25, -0.2) is 0 Å². The van der Waals surface area contributed by atoms with Crippen molar-refractivity contribution in [3.05, 3.63) is 57.3 Å². The number of likely N-dealkylation sites (tertiary alicyclic amines) is 1. The van der Waals surface area contributed by atoms with Crippen molar-refractivity contribution in [3.63, 3.8) is 0 Å². The topological polar surface area (TPSA) is 46.3 Å². The average molecular weight is 314 g/mol. The molecule has 2 atom stereocenters. The number of nitrogens with zero attached hydrogens (tertiary/aromatic N) is 1. The highest BCUT2D eigenvalue weighted by atomic mass is 32.1. The third kappa shape index (κ3) is 2.81. The summed E-state index contributed by atoms with van der Waals surface area (Å²) >= 11 is 1.60. The predicted octanol–water partition coefficient (Wildman–Crippen LogP) is 3.19. The molecule has 0 spiro atoms. The standard InChI is InChI=1S/C18H22N2OS/c1-3-13-9-17(22-12(13)2)18(21)20-10-15(16(19)11-20)14-7-5-4-6-8-14/h4-9,15-16H,3,10-11,19H2,1-2H3/t15-,16+/m0/s1. The van der Waals surface area contributed by atoms with Crippen molar-refractivity contribution in [1.29, 1.82) is 0 Å². The molecule has 4 heteroatoms. The minimum Gasteiger partial charge on any atom is -0.336 e. The fraction of sp³-hybridized carbons (Fsp3) is 0.389. The summed E-state index contributed by atoms with van der Waals surface area (Å²) in [5, 5.41) is 0. The first-order valence-electron chi connectivity index (χ1n) is 7.79. The molecule has 2 aromatic rings. The summed E-state index contributed by atoms with van der Waals surface area (Å²) in [5.41, 5.74) is 8.79. The number of hydrogen-bond acceptors (Lipinski definition) is 3. The first kappa shape index (κ1) is 15.3. The van der Waals surface area contributed by atoms with E-state index in [1.54, 1.807) is 11.3 Å². The van der Waals surface area contributed by atoms with Crippen molar-refractivity contribution in [2.45, 2.75) is 32.2 Å². The summed E-state index contributed by atoms with van der Waals surface area (Å²) in [6.45, 7) is 5.56. The summed E-state index contributed by atoms with van der Waals surface area (Å²) < 4.78 is 0. The van der Waals surface area contributed by atoms with Crippen LogP contribution < -0.4 is 5.73 Å². The van der Waals surface area contributed by atoms with E-state index in [0.717, 1.165) is 11.3 Å². The minimum atomic E-state index is 0.0121. The largest absolute Gasteiger partial charge is 0.336 e. The summed E-state index contributed by atoms with van der Waals surface area (Å²) in [6.07, 6.45) is 0.974. The van der Waals surface area contributed by atoms with Crippen LogP contribution in [0.25, 0.3) is 0 Å². The third-order valence-corrected chi connectivity index (χ3v) is 5.57. The van der Waals surface area contributed by atoms with Gasteiger partial charge in [-0.1, -0.05) is 37.3 Å². The van der Waals surface area contributed by atoms with Gasteiger partial charge in [0, 0.05) is 29.9 Å². The molecule has 1 amide bonds. The maximum atomic E-state index is 12.7. The smallest absolute Gasteiger partial charge is 0.264 e. The number of rotatable bonds is 3. The molecular weight excluding hydrogens is 292 g/mol. The molecule has 1 aromatic carbocycles. The fourth-order valence-corrected chi connectivity index (χ4v) is 4.26. The van der Waals surface area contributed by atoms with Crippen LogP contribution in [0.1, 0.15) is 38.5 Å². The van der Waals surface area contributed by atoms with E-state index >= 15 is 0 Å². The van der Waals surface area contributed by atoms with Crippen LogP contribution in [0.2, 0.25) is 0 Å². The Balaban J connectivity index is 1.77. The second-order valence-electron chi connectivity index (χ2n) is 5.94. The minimum absolute atomic E-state index is 0.0121. The predicted molar refractivity (Wildman–Crippen MR) is 91.5 cm³/mol. The molecule has 3 rings (SSSR count). The van der Waals surface area contributed by atoms with Gasteiger partial charge in [-0.15, -0.1) is 11.3 Å². The lowest BCUT2D eigenvalue weighted by molar-refractivity contribution is 0.0794. The van der Waals surface area contributed by atoms with Gasteiger partial charge in [-0.3, -0.25) is 4.79 Å². The van der Waals surface area contributed by atoms with Crippen LogP contribution in [0, 0.1) is 6.92 Å². The SMILES string of the molecule is CCc1cc(C(=O)N2C[C@@H](N)[C@H](c3ccccc3)C2)sc1C. The molecule has 1 aliphatic heterocycles. The van der Waals surface area contributed by atoms with Crippen LogP contribution in [0.5, 0.6) is 0 Å². The molecule has 0 aliphatic carbocycles. The number of hydrogen-bond donors (Lipinski definition) is 1. The number of carbonyl (C=O) groups is 1. The van der Waals surface area contributed by atoms with Crippen molar-refractivity contribution >= 4 is 17.2 Å². The highest BCUT2D eigenvalue weighted by molar-refractivity contribution is 7.14. The van der Waals surface area contributed by atoms with Crippen molar-refractivity contribution < 1.29 is 4.79 Å². The number of carbonyl (C=O) groups excluding carboxylic acids is 1. The highest BCUT2D eigenvalue weighted by Gasteiger charge is 2.34. The molecule has 1 fully saturated rings. The zero-order valence-corrected chi connectivity index (χ0v) is 13.9. The number of thiophene rings is 1. The lowest BCUT2D eigenvalue weighted by Gasteiger charge is -2.15. The van der Waals surface area contributed by atoms with Crippen LogP contribution in [0.15, 0.2) is 36.4 Å². The van der Waals surface area contributed by atoms with E-state index in [1.807, 2.05) is 29.2 Å². The van der Waals surface area contributed by atoms with Gasteiger partial charge in [0.1, 0.15) is 0 Å². The van der Waals surface area contributed by atoms with Gasteiger partial charge in [0.25, 0.3) is 5.91 Å². The van der Waals surface area contributed by atoms with E-state index in [2.05, 4.69) is 26.0 Å². The van der Waals surface area contributed by atoms with Crippen molar-refractivity contribution in [3.8, 4) is 0 Å². The van der Waals surface area contributed by atoms with E-state index in [4.69, 9.17) is 5.73 Å². The Morgan fingerprint density at radius 3 is 2.68 bits per heavy atom. The van der Waals surface area contributed by atoms with Gasteiger partial charge >= 0.3 is 0 Å². The Morgan fingerprint density at radius 1 is 1.32 bits per heavy atom. The van der Waals surface area contributed by atoms with Crippen LogP contribution >= 0.6 is 11.3 Å². The molecule has 116 valence electrons. The van der Waals surface area contributed by atoms with Crippen molar-refractivity contribution in [2.75, 3.05) is 13.1 Å². The normalized spacial score (nSPS) is 21.3. The van der Waals surface area contributed by atoms with Gasteiger partial charge in [0.15, 0.2) is 0 Å². The summed E-state index contributed by atoms with van der Waals surface area (Å²) in [7, 11) is 0. The number of aryl methyl sites for hydroxylation is 2. The van der Waals surface area contributed by atoms with Crippen molar-refractivity contribution in [2.24, 2.45) is 5.73 Å². The molecule has 1 aliphatic rings. The second kappa shape index (κ2) is 6.23. The Hall–Kier alpha value is -1.65. The number of benzene rings is 1. The van der Waals surface area contributed by atoms with Crippen LogP contribution in [0.4, 0.5) is 0 Å². The summed E-state index contributed by atoms with van der Waals surface area (Å²) in [5.74, 6) is 0.360. The molecule has 3 nitrogen and oxygen atoms in total. The molecule has 0 radical (unpaired) electrons. The van der Waals surface area contributed by atoms with E-state index < -0.39 is 0 Å². The van der Waals surface area contributed by atoms with Gasteiger partial charge < -0.3 is 10.6 Å². The summed E-state index contributed by atoms with van der Waals surface area (Å²) in [4.78, 5) is 16.7. The Labute approximate surface area is 135 Å². The molecule has 1 saturated heterocycles. The Bertz CT molecular complexity index is 665. The second-order valence-corrected chi connectivity index (χ2v) is 7.19. The van der Waals surface area contributed by atoms with Crippen LogP contribution in [-0.2, 0) is 6.42 Å². The van der Waals surface area contributed by atoms with E-state index in [1.165, 1.54) is 16.0 Å². The maximum Gasteiger partial charge on any atom is 0.264 e. The molecule has 1 aromatic heterocycles. The summed E-state index contributed by atoms with van der Waals surface area (Å²) in [6, 6.07) is 12.3. The highest BCUT2D eigenvalue weighted by Crippen LogP contribution is 2.29. The van der Waals surface area contributed by atoms with E-state index in [0.29, 0.717) is 13.1 Å². The monoisotopic (exact) mass is 314 g/mol. The van der Waals surface area contributed by atoms with Crippen LogP contribution in [-0.4, -0.2) is 29.9 Å². The molecule has 0 bridgehead atoms. The van der Waals surface area contributed by atoms with Crippen LogP contribution in [0.3, 0.4) is 0 Å². The maximum absolute atomic E-state index is 12.7. The molecular formula is C18H22N2OS. The lowest BCUT2D eigenvalue weighted by atomic mass is 9.95. The fourth-order valence-electron chi connectivity index (χ4n) is 3.18. The van der Waals surface area contributed by atoms with E-state index in [-0.39, 0.29) is 17.9 Å². The Kier molecular flexibility index (Phi) is 4.32.